The fraction of sp³-hybridized carbons (Fsp3) is 0.533. The number of hydrogen-bond acceptors (Lipinski definition) is 4. The molecule has 1 heterocycles. The Balaban J connectivity index is 2.35. The fourth-order valence-electron chi connectivity index (χ4n) is 2.28. The second-order valence-corrected chi connectivity index (χ2v) is 5.11. The Hall–Kier alpha value is -1.42. The van der Waals surface area contributed by atoms with E-state index >= 15 is 0 Å². The highest BCUT2D eigenvalue weighted by molar-refractivity contribution is 6.30. The van der Waals surface area contributed by atoms with E-state index in [1.54, 1.807) is 13.0 Å². The number of esters is 1. The van der Waals surface area contributed by atoms with Crippen molar-refractivity contribution in [3.05, 3.63) is 23.3 Å². The van der Waals surface area contributed by atoms with Gasteiger partial charge < -0.3 is 14.2 Å². The van der Waals surface area contributed by atoms with Crippen molar-refractivity contribution in [1.29, 1.82) is 0 Å². The minimum atomic E-state index is -0.888. The fourth-order valence-corrected chi connectivity index (χ4v) is 2.51. The van der Waals surface area contributed by atoms with Gasteiger partial charge in [-0.1, -0.05) is 0 Å². The Morgan fingerprint density at radius 1 is 1.45 bits per heavy atom. The predicted octanol–water partition coefficient (Wildman–Crippen LogP) is 3.25. The standard InChI is InChI=1S/C15H19ClO4/c1-4-18-13-7-10-6-9(3)20-12(10)8-11(13)14(16)15(17)19-5-2/h7-9,14H,4-6H2,1-3H3. The van der Waals surface area contributed by atoms with Crippen LogP contribution in [0.15, 0.2) is 12.1 Å². The second kappa shape index (κ2) is 6.35. The molecule has 4 nitrogen and oxygen atoms in total. The molecular weight excluding hydrogens is 280 g/mol. The van der Waals surface area contributed by atoms with E-state index in [0.29, 0.717) is 24.5 Å². The first kappa shape index (κ1) is 15.0. The van der Waals surface area contributed by atoms with Crippen molar-refractivity contribution in [2.24, 2.45) is 0 Å². The third-order valence-corrected chi connectivity index (χ3v) is 3.51. The molecule has 0 fully saturated rings. The molecule has 0 aliphatic carbocycles. The Morgan fingerprint density at radius 3 is 2.85 bits per heavy atom. The molecule has 0 bridgehead atoms. The molecule has 2 rings (SSSR count). The average Bonchev–Trinajstić information content (AvgIpc) is 2.77. The molecule has 110 valence electrons. The van der Waals surface area contributed by atoms with E-state index in [-0.39, 0.29) is 6.10 Å². The zero-order valence-electron chi connectivity index (χ0n) is 11.9. The molecule has 20 heavy (non-hydrogen) atoms. The number of hydrogen-bond donors (Lipinski definition) is 0. The molecule has 1 aliphatic heterocycles. The van der Waals surface area contributed by atoms with Crippen LogP contribution < -0.4 is 9.47 Å². The Bertz CT molecular complexity index is 501. The number of carbonyl (C=O) groups is 1. The molecular formula is C15H19ClO4. The molecule has 5 heteroatoms. The van der Waals surface area contributed by atoms with Gasteiger partial charge in [-0.2, -0.15) is 0 Å². The van der Waals surface area contributed by atoms with Crippen molar-refractivity contribution in [3.63, 3.8) is 0 Å². The summed E-state index contributed by atoms with van der Waals surface area (Å²) < 4.78 is 16.3. The van der Waals surface area contributed by atoms with Gasteiger partial charge >= 0.3 is 5.97 Å². The zero-order chi connectivity index (χ0) is 14.7. The van der Waals surface area contributed by atoms with Crippen LogP contribution in [0.25, 0.3) is 0 Å². The summed E-state index contributed by atoms with van der Waals surface area (Å²) >= 11 is 6.20. The van der Waals surface area contributed by atoms with E-state index in [0.717, 1.165) is 17.7 Å². The molecule has 0 radical (unpaired) electrons. The van der Waals surface area contributed by atoms with Crippen molar-refractivity contribution in [2.45, 2.75) is 38.7 Å². The van der Waals surface area contributed by atoms with Crippen LogP contribution >= 0.6 is 11.6 Å². The zero-order valence-corrected chi connectivity index (χ0v) is 12.7. The summed E-state index contributed by atoms with van der Waals surface area (Å²) in [7, 11) is 0. The Labute approximate surface area is 124 Å². The largest absolute Gasteiger partial charge is 0.494 e. The summed E-state index contributed by atoms with van der Waals surface area (Å²) in [6.45, 7) is 6.45. The second-order valence-electron chi connectivity index (χ2n) is 4.68. The molecule has 2 atom stereocenters. The van der Waals surface area contributed by atoms with Crippen LogP contribution in [0.5, 0.6) is 11.5 Å². The van der Waals surface area contributed by atoms with Gasteiger partial charge in [0.25, 0.3) is 0 Å². The van der Waals surface area contributed by atoms with E-state index < -0.39 is 11.3 Å². The number of halogens is 1. The van der Waals surface area contributed by atoms with Crippen molar-refractivity contribution in [2.75, 3.05) is 13.2 Å². The van der Waals surface area contributed by atoms with Gasteiger partial charge in [0.15, 0.2) is 5.38 Å². The lowest BCUT2D eigenvalue weighted by Gasteiger charge is -2.15. The molecule has 0 saturated carbocycles. The van der Waals surface area contributed by atoms with Gasteiger partial charge in [-0.25, -0.2) is 0 Å². The summed E-state index contributed by atoms with van der Waals surface area (Å²) in [6, 6.07) is 3.70. The van der Waals surface area contributed by atoms with Crippen LogP contribution in [-0.2, 0) is 16.0 Å². The van der Waals surface area contributed by atoms with E-state index in [4.69, 9.17) is 25.8 Å². The van der Waals surface area contributed by atoms with Crippen LogP contribution in [0.2, 0.25) is 0 Å². The van der Waals surface area contributed by atoms with E-state index in [9.17, 15) is 4.79 Å². The van der Waals surface area contributed by atoms with Crippen LogP contribution in [0.3, 0.4) is 0 Å². The number of rotatable bonds is 5. The minimum Gasteiger partial charge on any atom is -0.494 e. The number of alkyl halides is 1. The summed E-state index contributed by atoms with van der Waals surface area (Å²) in [6.07, 6.45) is 0.966. The molecule has 0 N–H and O–H groups in total. The van der Waals surface area contributed by atoms with Crippen LogP contribution in [0.4, 0.5) is 0 Å². The highest BCUT2D eigenvalue weighted by Gasteiger charge is 2.28. The molecule has 0 spiro atoms. The van der Waals surface area contributed by atoms with Gasteiger partial charge in [0.05, 0.1) is 13.2 Å². The third-order valence-electron chi connectivity index (χ3n) is 3.09. The summed E-state index contributed by atoms with van der Waals surface area (Å²) in [5, 5.41) is -0.888. The van der Waals surface area contributed by atoms with Crippen molar-refractivity contribution < 1.29 is 19.0 Å². The molecule has 1 aromatic rings. The molecule has 0 amide bonds. The molecule has 1 aromatic carbocycles. The topological polar surface area (TPSA) is 44.8 Å². The van der Waals surface area contributed by atoms with Crippen LogP contribution in [0.1, 0.15) is 37.3 Å². The van der Waals surface area contributed by atoms with Crippen LogP contribution in [-0.4, -0.2) is 25.3 Å². The van der Waals surface area contributed by atoms with Gasteiger partial charge in [-0.15, -0.1) is 11.6 Å². The first-order valence-corrected chi connectivity index (χ1v) is 7.27. The monoisotopic (exact) mass is 298 g/mol. The van der Waals surface area contributed by atoms with Gasteiger partial charge in [-0.3, -0.25) is 4.79 Å². The lowest BCUT2D eigenvalue weighted by molar-refractivity contribution is -0.142. The lowest BCUT2D eigenvalue weighted by Crippen LogP contribution is -2.12. The highest BCUT2D eigenvalue weighted by atomic mass is 35.5. The Kier molecular flexibility index (Phi) is 4.76. The summed E-state index contributed by atoms with van der Waals surface area (Å²) in [5.41, 5.74) is 1.68. The van der Waals surface area contributed by atoms with E-state index in [1.165, 1.54) is 0 Å². The quantitative estimate of drug-likeness (QED) is 0.618. The van der Waals surface area contributed by atoms with Crippen LogP contribution in [0, 0.1) is 0 Å². The summed E-state index contributed by atoms with van der Waals surface area (Å²) in [4.78, 5) is 11.8. The van der Waals surface area contributed by atoms with E-state index in [1.807, 2.05) is 19.9 Å². The van der Waals surface area contributed by atoms with E-state index in [2.05, 4.69) is 0 Å². The number of benzene rings is 1. The maximum Gasteiger partial charge on any atom is 0.328 e. The third kappa shape index (κ3) is 3.01. The maximum absolute atomic E-state index is 11.8. The normalized spacial score (nSPS) is 18.1. The van der Waals surface area contributed by atoms with Crippen molar-refractivity contribution in [3.8, 4) is 11.5 Å². The molecule has 1 aliphatic rings. The van der Waals surface area contributed by atoms with Gasteiger partial charge in [-0.05, 0) is 32.9 Å². The molecule has 0 aromatic heterocycles. The number of ether oxygens (including phenoxy) is 3. The highest BCUT2D eigenvalue weighted by Crippen LogP contribution is 2.39. The average molecular weight is 299 g/mol. The smallest absolute Gasteiger partial charge is 0.328 e. The van der Waals surface area contributed by atoms with Crippen molar-refractivity contribution in [1.82, 2.24) is 0 Å². The molecule has 0 saturated heterocycles. The number of fused-ring (bicyclic) bond motifs is 1. The first-order valence-electron chi connectivity index (χ1n) is 6.83. The van der Waals surface area contributed by atoms with Gasteiger partial charge in [0.1, 0.15) is 17.6 Å². The predicted molar refractivity (Wildman–Crippen MR) is 76.6 cm³/mol. The van der Waals surface area contributed by atoms with Gasteiger partial charge in [0, 0.05) is 17.5 Å². The van der Waals surface area contributed by atoms with Crippen molar-refractivity contribution >= 4 is 17.6 Å². The lowest BCUT2D eigenvalue weighted by atomic mass is 10.0. The van der Waals surface area contributed by atoms with Gasteiger partial charge in [0.2, 0.25) is 0 Å². The maximum atomic E-state index is 11.8. The Morgan fingerprint density at radius 2 is 2.20 bits per heavy atom. The SMILES string of the molecule is CCOC(=O)C(Cl)c1cc2c(cc1OCC)CC(C)O2. The molecule has 2 unspecified atom stereocenters. The first-order chi connectivity index (χ1) is 9.56. The minimum absolute atomic E-state index is 0.131. The number of carbonyl (C=O) groups excluding carboxylic acids is 1. The summed E-state index contributed by atoms with van der Waals surface area (Å²) in [5.74, 6) is 0.920.